The minimum Gasteiger partial charge on any atom is -0.436 e. The smallest absolute Gasteiger partial charge is 0.273 e. The molecule has 1 aromatic heterocycles. The Labute approximate surface area is 138 Å². The summed E-state index contributed by atoms with van der Waals surface area (Å²) >= 11 is 0. The van der Waals surface area contributed by atoms with Crippen molar-refractivity contribution in [2.24, 2.45) is 0 Å². The Balaban J connectivity index is 1.76. The molecule has 2 aromatic carbocycles. The van der Waals surface area contributed by atoms with Crippen LogP contribution in [0.5, 0.6) is 0 Å². The number of rotatable bonds is 3. The summed E-state index contributed by atoms with van der Waals surface area (Å²) in [5.41, 5.74) is 2.92. The van der Waals surface area contributed by atoms with Crippen LogP contribution in [0, 0.1) is 10.1 Å². The second-order valence-electron chi connectivity index (χ2n) is 5.90. The van der Waals surface area contributed by atoms with E-state index < -0.39 is 0 Å². The maximum atomic E-state index is 11.5. The van der Waals surface area contributed by atoms with Gasteiger partial charge in [-0.3, -0.25) is 10.1 Å². The fraction of sp³-hybridized carbons (Fsp3) is 0.278. The molecule has 0 atom stereocenters. The van der Waals surface area contributed by atoms with Gasteiger partial charge >= 0.3 is 0 Å². The quantitative estimate of drug-likeness (QED) is 0.530. The van der Waals surface area contributed by atoms with Crippen LogP contribution in [0.25, 0.3) is 22.6 Å². The van der Waals surface area contributed by atoms with Crippen LogP contribution in [-0.4, -0.2) is 23.1 Å². The predicted octanol–water partition coefficient (Wildman–Crippen LogP) is 4.30. The van der Waals surface area contributed by atoms with Crippen LogP contribution in [0.15, 0.2) is 46.9 Å². The summed E-state index contributed by atoms with van der Waals surface area (Å²) in [6, 6.07) is 12.7. The van der Waals surface area contributed by atoms with Gasteiger partial charge in [-0.25, -0.2) is 4.98 Å². The fourth-order valence-corrected chi connectivity index (χ4v) is 3.18. The van der Waals surface area contributed by atoms with Crippen LogP contribution < -0.4 is 0 Å². The van der Waals surface area contributed by atoms with E-state index in [-0.39, 0.29) is 16.5 Å². The summed E-state index contributed by atoms with van der Waals surface area (Å²) in [5, 5.41) is 11.5. The van der Waals surface area contributed by atoms with Crippen molar-refractivity contribution in [3.63, 3.8) is 0 Å². The average Bonchev–Trinajstić information content (AvgIpc) is 3.06. The van der Waals surface area contributed by atoms with Gasteiger partial charge in [0.25, 0.3) is 5.69 Å². The summed E-state index contributed by atoms with van der Waals surface area (Å²) < 4.78 is 11.1. The van der Waals surface area contributed by atoms with Gasteiger partial charge in [-0.15, -0.1) is 0 Å². The Bertz CT molecular complexity index is 864. The average molecular weight is 324 g/mol. The van der Waals surface area contributed by atoms with E-state index in [2.05, 4.69) is 4.98 Å². The third kappa shape index (κ3) is 2.65. The molecule has 0 radical (unpaired) electrons. The SMILES string of the molecule is O=[N+]([O-])c1cc(-c2nc3ccccc3o2)ccc1C1CCOCC1. The monoisotopic (exact) mass is 324 g/mol. The lowest BCUT2D eigenvalue weighted by molar-refractivity contribution is -0.385. The molecule has 0 bridgehead atoms. The standard InChI is InChI=1S/C18H16N2O4/c21-20(22)16-11-13(5-6-14(16)12-7-9-23-10-8-12)18-19-15-3-1-2-4-17(15)24-18/h1-6,11-12H,7-10H2. The third-order valence-electron chi connectivity index (χ3n) is 4.43. The van der Waals surface area contributed by atoms with Crippen molar-refractivity contribution in [2.75, 3.05) is 13.2 Å². The van der Waals surface area contributed by atoms with E-state index >= 15 is 0 Å². The first-order valence-electron chi connectivity index (χ1n) is 7.94. The summed E-state index contributed by atoms with van der Waals surface area (Å²) in [7, 11) is 0. The van der Waals surface area contributed by atoms with Crippen molar-refractivity contribution < 1.29 is 14.1 Å². The van der Waals surface area contributed by atoms with Gasteiger partial charge in [-0.1, -0.05) is 18.2 Å². The van der Waals surface area contributed by atoms with E-state index in [1.165, 1.54) is 0 Å². The number of fused-ring (bicyclic) bond motifs is 1. The van der Waals surface area contributed by atoms with E-state index in [1.54, 1.807) is 6.07 Å². The molecule has 0 unspecified atom stereocenters. The van der Waals surface area contributed by atoms with Gasteiger partial charge in [0.15, 0.2) is 5.58 Å². The van der Waals surface area contributed by atoms with Gasteiger partial charge < -0.3 is 9.15 Å². The van der Waals surface area contributed by atoms with Gasteiger partial charge in [0, 0.05) is 30.4 Å². The molecule has 0 saturated carbocycles. The summed E-state index contributed by atoms with van der Waals surface area (Å²) in [5.74, 6) is 0.564. The Kier molecular flexibility index (Phi) is 3.74. The molecule has 1 saturated heterocycles. The first-order valence-corrected chi connectivity index (χ1v) is 7.94. The molecule has 6 heteroatoms. The summed E-state index contributed by atoms with van der Waals surface area (Å²) in [6.07, 6.45) is 1.62. The summed E-state index contributed by atoms with van der Waals surface area (Å²) in [6.45, 7) is 1.30. The molecule has 1 aliphatic heterocycles. The number of nitro benzene ring substituents is 1. The first-order chi connectivity index (χ1) is 11.7. The van der Waals surface area contributed by atoms with E-state index in [1.807, 2.05) is 36.4 Å². The van der Waals surface area contributed by atoms with Crippen molar-refractivity contribution >= 4 is 16.8 Å². The maximum Gasteiger partial charge on any atom is 0.273 e. The fourth-order valence-electron chi connectivity index (χ4n) is 3.18. The number of para-hydroxylation sites is 2. The molecular formula is C18H16N2O4. The molecular weight excluding hydrogens is 308 g/mol. The number of benzene rings is 2. The largest absolute Gasteiger partial charge is 0.436 e. The molecule has 0 N–H and O–H groups in total. The number of nitro groups is 1. The minimum atomic E-state index is -0.322. The maximum absolute atomic E-state index is 11.5. The molecule has 0 aliphatic carbocycles. The molecule has 2 heterocycles. The van der Waals surface area contributed by atoms with Crippen LogP contribution in [0.4, 0.5) is 5.69 Å². The molecule has 6 nitrogen and oxygen atoms in total. The van der Waals surface area contributed by atoms with Crippen molar-refractivity contribution in [1.82, 2.24) is 4.98 Å². The minimum absolute atomic E-state index is 0.127. The molecule has 0 spiro atoms. The van der Waals surface area contributed by atoms with E-state index in [0.717, 1.165) is 23.9 Å². The molecule has 3 aromatic rings. The Morgan fingerprint density at radius 2 is 1.92 bits per heavy atom. The van der Waals surface area contributed by atoms with Crippen LogP contribution in [0.2, 0.25) is 0 Å². The van der Waals surface area contributed by atoms with Crippen LogP contribution in [0.3, 0.4) is 0 Å². The molecule has 1 fully saturated rings. The van der Waals surface area contributed by atoms with Crippen LogP contribution in [0.1, 0.15) is 24.3 Å². The zero-order valence-electron chi connectivity index (χ0n) is 13.0. The number of nitrogens with zero attached hydrogens (tertiary/aromatic N) is 2. The highest BCUT2D eigenvalue weighted by molar-refractivity contribution is 5.76. The molecule has 122 valence electrons. The van der Waals surface area contributed by atoms with Gasteiger partial charge in [-0.05, 0) is 37.0 Å². The van der Waals surface area contributed by atoms with Gasteiger partial charge in [0.2, 0.25) is 5.89 Å². The molecule has 0 amide bonds. The molecule has 24 heavy (non-hydrogen) atoms. The Hall–Kier alpha value is -2.73. The number of oxazole rings is 1. The van der Waals surface area contributed by atoms with Crippen molar-refractivity contribution in [1.29, 1.82) is 0 Å². The van der Waals surface area contributed by atoms with Gasteiger partial charge in [0.05, 0.1) is 4.92 Å². The Morgan fingerprint density at radius 3 is 2.67 bits per heavy atom. The zero-order valence-corrected chi connectivity index (χ0v) is 13.0. The predicted molar refractivity (Wildman–Crippen MR) is 88.9 cm³/mol. The first kappa shape index (κ1) is 14.8. The second-order valence-corrected chi connectivity index (χ2v) is 5.90. The van der Waals surface area contributed by atoms with Gasteiger partial charge in [-0.2, -0.15) is 0 Å². The lowest BCUT2D eigenvalue weighted by Gasteiger charge is -2.22. The highest BCUT2D eigenvalue weighted by atomic mass is 16.6. The van der Waals surface area contributed by atoms with Crippen molar-refractivity contribution in [2.45, 2.75) is 18.8 Å². The number of hydrogen-bond acceptors (Lipinski definition) is 5. The second kappa shape index (κ2) is 6.05. The lowest BCUT2D eigenvalue weighted by Crippen LogP contribution is -2.15. The number of aromatic nitrogens is 1. The lowest BCUT2D eigenvalue weighted by atomic mass is 9.90. The van der Waals surface area contributed by atoms with Crippen LogP contribution >= 0.6 is 0 Å². The Morgan fingerprint density at radius 1 is 1.12 bits per heavy atom. The van der Waals surface area contributed by atoms with Crippen molar-refractivity contribution in [3.8, 4) is 11.5 Å². The van der Waals surface area contributed by atoms with Gasteiger partial charge in [0.1, 0.15) is 5.52 Å². The topological polar surface area (TPSA) is 78.4 Å². The zero-order chi connectivity index (χ0) is 16.5. The summed E-state index contributed by atoms with van der Waals surface area (Å²) in [4.78, 5) is 15.6. The van der Waals surface area contributed by atoms with E-state index in [9.17, 15) is 10.1 Å². The third-order valence-corrected chi connectivity index (χ3v) is 4.43. The van der Waals surface area contributed by atoms with Crippen molar-refractivity contribution in [3.05, 3.63) is 58.1 Å². The van der Waals surface area contributed by atoms with E-state index in [0.29, 0.717) is 30.3 Å². The number of hydrogen-bond donors (Lipinski definition) is 0. The van der Waals surface area contributed by atoms with Crippen LogP contribution in [-0.2, 0) is 4.74 Å². The highest BCUT2D eigenvalue weighted by Gasteiger charge is 2.25. The molecule has 1 aliphatic rings. The number of ether oxygens (including phenoxy) is 1. The molecule has 4 rings (SSSR count). The van der Waals surface area contributed by atoms with E-state index in [4.69, 9.17) is 9.15 Å². The highest BCUT2D eigenvalue weighted by Crippen LogP contribution is 2.36. The normalized spacial score (nSPS) is 15.7.